The van der Waals surface area contributed by atoms with Crippen molar-refractivity contribution >= 4 is 27.7 Å². The second-order valence-electron chi connectivity index (χ2n) is 5.16. The average Bonchev–Trinajstić information content (AvgIpc) is 2.55. The zero-order chi connectivity index (χ0) is 16.5. The molecule has 0 aliphatic heterocycles. The third-order valence-corrected chi connectivity index (χ3v) is 3.57. The molecule has 0 saturated heterocycles. The van der Waals surface area contributed by atoms with Gasteiger partial charge in [-0.1, -0.05) is 18.2 Å². The van der Waals surface area contributed by atoms with E-state index in [2.05, 4.69) is 26.2 Å². The Hall–Kier alpha value is -1.92. The Kier molecular flexibility index (Phi) is 7.03. The Morgan fingerprint density at radius 1 is 1.26 bits per heavy atom. The lowest BCUT2D eigenvalue weighted by Gasteiger charge is -2.16. The van der Waals surface area contributed by atoms with Crippen LogP contribution in [0.1, 0.15) is 6.42 Å². The number of hydrogen-bond acceptors (Lipinski definition) is 4. The van der Waals surface area contributed by atoms with Crippen molar-refractivity contribution in [1.29, 1.82) is 0 Å². The van der Waals surface area contributed by atoms with Gasteiger partial charge in [-0.2, -0.15) is 0 Å². The van der Waals surface area contributed by atoms with Crippen molar-refractivity contribution in [1.82, 2.24) is 9.88 Å². The van der Waals surface area contributed by atoms with Gasteiger partial charge in [0.2, 0.25) is 5.91 Å². The summed E-state index contributed by atoms with van der Waals surface area (Å²) >= 11 is 3.31. The molecule has 1 amide bonds. The summed E-state index contributed by atoms with van der Waals surface area (Å²) in [7, 11) is 1.91. The minimum absolute atomic E-state index is 0.0775. The number of likely N-dealkylation sites (N-methyl/N-ethyl adjacent to an activating group) is 1. The van der Waals surface area contributed by atoms with Gasteiger partial charge in [0.25, 0.3) is 0 Å². The fourth-order valence-electron chi connectivity index (χ4n) is 2.00. The maximum Gasteiger partial charge on any atom is 0.239 e. The van der Waals surface area contributed by atoms with Crippen LogP contribution in [0, 0.1) is 0 Å². The summed E-state index contributed by atoms with van der Waals surface area (Å²) in [5.41, 5.74) is 0. The first-order chi connectivity index (χ1) is 11.1. The van der Waals surface area contributed by atoms with Crippen LogP contribution < -0.4 is 10.1 Å². The quantitative estimate of drug-likeness (QED) is 0.717. The maximum absolute atomic E-state index is 11.9. The van der Waals surface area contributed by atoms with Crippen LogP contribution in [-0.4, -0.2) is 42.5 Å². The van der Waals surface area contributed by atoms with Gasteiger partial charge in [0, 0.05) is 17.2 Å². The molecule has 122 valence electrons. The molecular weight excluding hydrogens is 358 g/mol. The van der Waals surface area contributed by atoms with Gasteiger partial charge >= 0.3 is 0 Å². The monoisotopic (exact) mass is 377 g/mol. The number of aromatic nitrogens is 1. The Morgan fingerprint density at radius 2 is 2.04 bits per heavy atom. The number of ether oxygens (including phenoxy) is 1. The Labute approximate surface area is 144 Å². The van der Waals surface area contributed by atoms with Crippen LogP contribution in [0.4, 0.5) is 5.82 Å². The van der Waals surface area contributed by atoms with Crippen molar-refractivity contribution in [3.8, 4) is 5.75 Å². The summed E-state index contributed by atoms with van der Waals surface area (Å²) in [6.07, 6.45) is 2.51. The number of carbonyl (C=O) groups excluding carboxylic acids is 1. The number of anilines is 1. The molecule has 0 spiro atoms. The summed E-state index contributed by atoms with van der Waals surface area (Å²) in [4.78, 5) is 18.0. The normalized spacial score (nSPS) is 10.6. The maximum atomic E-state index is 11.9. The highest BCUT2D eigenvalue weighted by Crippen LogP contribution is 2.10. The number of nitrogens with one attached hydrogen (secondary N) is 1. The molecule has 1 N–H and O–H groups in total. The van der Waals surface area contributed by atoms with Crippen molar-refractivity contribution in [2.24, 2.45) is 0 Å². The second-order valence-corrected chi connectivity index (χ2v) is 6.08. The molecule has 0 radical (unpaired) electrons. The third-order valence-electron chi connectivity index (χ3n) is 3.10. The minimum Gasteiger partial charge on any atom is -0.494 e. The molecule has 1 aromatic carbocycles. The highest BCUT2D eigenvalue weighted by molar-refractivity contribution is 9.10. The van der Waals surface area contributed by atoms with E-state index in [1.165, 1.54) is 0 Å². The highest BCUT2D eigenvalue weighted by Gasteiger charge is 2.07. The van der Waals surface area contributed by atoms with E-state index < -0.39 is 0 Å². The summed E-state index contributed by atoms with van der Waals surface area (Å²) in [5, 5.41) is 2.77. The predicted molar refractivity (Wildman–Crippen MR) is 94.6 cm³/mol. The van der Waals surface area contributed by atoms with Gasteiger partial charge in [-0.15, -0.1) is 0 Å². The molecule has 0 bridgehead atoms. The fourth-order valence-corrected chi connectivity index (χ4v) is 2.23. The first kappa shape index (κ1) is 17.4. The van der Waals surface area contributed by atoms with Gasteiger partial charge in [-0.05, 0) is 53.7 Å². The topological polar surface area (TPSA) is 54.5 Å². The van der Waals surface area contributed by atoms with E-state index in [0.717, 1.165) is 23.2 Å². The van der Waals surface area contributed by atoms with E-state index in [9.17, 15) is 4.79 Å². The molecular formula is C17H20BrN3O2. The molecule has 0 aliphatic rings. The van der Waals surface area contributed by atoms with Gasteiger partial charge in [0.05, 0.1) is 13.2 Å². The van der Waals surface area contributed by atoms with Gasteiger partial charge < -0.3 is 10.1 Å². The molecule has 2 rings (SSSR count). The molecule has 1 aromatic heterocycles. The van der Waals surface area contributed by atoms with E-state index in [-0.39, 0.29) is 5.91 Å². The zero-order valence-corrected chi connectivity index (χ0v) is 14.6. The Bertz CT molecular complexity index is 605. The lowest BCUT2D eigenvalue weighted by Crippen LogP contribution is -2.31. The van der Waals surface area contributed by atoms with Crippen molar-refractivity contribution in [2.75, 3.05) is 32.1 Å². The Morgan fingerprint density at radius 3 is 2.74 bits per heavy atom. The van der Waals surface area contributed by atoms with Gasteiger partial charge in [0.1, 0.15) is 11.6 Å². The first-order valence-electron chi connectivity index (χ1n) is 7.41. The number of carbonyl (C=O) groups is 1. The molecule has 0 fully saturated rings. The van der Waals surface area contributed by atoms with Crippen molar-refractivity contribution in [3.63, 3.8) is 0 Å². The molecule has 0 unspecified atom stereocenters. The van der Waals surface area contributed by atoms with E-state index in [1.807, 2.05) is 48.3 Å². The highest BCUT2D eigenvalue weighted by atomic mass is 79.9. The summed E-state index contributed by atoms with van der Waals surface area (Å²) in [6.45, 7) is 1.74. The number of halogens is 1. The SMILES string of the molecule is CN(CCCOc1ccccc1)CC(=O)Nc1ccc(Br)cn1. The van der Waals surface area contributed by atoms with Crippen molar-refractivity contribution in [2.45, 2.75) is 6.42 Å². The molecule has 6 heteroatoms. The van der Waals surface area contributed by atoms with Crippen LogP contribution >= 0.6 is 15.9 Å². The molecule has 0 aliphatic carbocycles. The number of hydrogen-bond donors (Lipinski definition) is 1. The summed E-state index contributed by atoms with van der Waals surface area (Å²) in [6, 6.07) is 13.3. The van der Waals surface area contributed by atoms with Gasteiger partial charge in [-0.25, -0.2) is 4.98 Å². The smallest absolute Gasteiger partial charge is 0.239 e. The van der Waals surface area contributed by atoms with Crippen LogP contribution in [0.2, 0.25) is 0 Å². The van der Waals surface area contributed by atoms with Crippen LogP contribution in [0.25, 0.3) is 0 Å². The van der Waals surface area contributed by atoms with E-state index in [0.29, 0.717) is 19.0 Å². The zero-order valence-electron chi connectivity index (χ0n) is 13.0. The lowest BCUT2D eigenvalue weighted by atomic mass is 10.3. The van der Waals surface area contributed by atoms with E-state index in [1.54, 1.807) is 12.3 Å². The number of rotatable bonds is 8. The molecule has 5 nitrogen and oxygen atoms in total. The number of nitrogens with zero attached hydrogens (tertiary/aromatic N) is 2. The van der Waals surface area contributed by atoms with Gasteiger partial charge in [0.15, 0.2) is 0 Å². The largest absolute Gasteiger partial charge is 0.494 e. The molecule has 23 heavy (non-hydrogen) atoms. The summed E-state index contributed by atoms with van der Waals surface area (Å²) in [5.74, 6) is 1.35. The van der Waals surface area contributed by atoms with Crippen LogP contribution in [-0.2, 0) is 4.79 Å². The third kappa shape index (κ3) is 6.80. The standard InChI is InChI=1S/C17H20BrN3O2/c1-21(10-5-11-23-15-6-3-2-4-7-15)13-17(22)20-16-9-8-14(18)12-19-16/h2-4,6-9,12H,5,10-11,13H2,1H3,(H,19,20,22). The Balaban J connectivity index is 1.63. The number of pyridine rings is 1. The van der Waals surface area contributed by atoms with Crippen molar-refractivity contribution in [3.05, 3.63) is 53.1 Å². The second kappa shape index (κ2) is 9.27. The first-order valence-corrected chi connectivity index (χ1v) is 8.20. The molecule has 0 atom stereocenters. The van der Waals surface area contributed by atoms with Crippen LogP contribution in [0.3, 0.4) is 0 Å². The van der Waals surface area contributed by atoms with Gasteiger partial charge in [-0.3, -0.25) is 9.69 Å². The van der Waals surface area contributed by atoms with E-state index >= 15 is 0 Å². The molecule has 1 heterocycles. The minimum atomic E-state index is -0.0775. The van der Waals surface area contributed by atoms with E-state index in [4.69, 9.17) is 4.74 Å². The van der Waals surface area contributed by atoms with Crippen LogP contribution in [0.15, 0.2) is 53.1 Å². The molecule has 2 aromatic rings. The summed E-state index contributed by atoms with van der Waals surface area (Å²) < 4.78 is 6.51. The van der Waals surface area contributed by atoms with Crippen molar-refractivity contribution < 1.29 is 9.53 Å². The number of amides is 1. The fraction of sp³-hybridized carbons (Fsp3) is 0.294. The van der Waals surface area contributed by atoms with Crippen LogP contribution in [0.5, 0.6) is 5.75 Å². The number of para-hydroxylation sites is 1. The lowest BCUT2D eigenvalue weighted by molar-refractivity contribution is -0.117. The molecule has 0 saturated carbocycles. The predicted octanol–water partition coefficient (Wildman–Crippen LogP) is 3.18. The average molecular weight is 378 g/mol. The number of benzene rings is 1.